The lowest BCUT2D eigenvalue weighted by Crippen LogP contribution is -1.88. The topological polar surface area (TPSA) is 51.8 Å². The summed E-state index contributed by atoms with van der Waals surface area (Å²) in [7, 11) is 0. The Morgan fingerprint density at radius 3 is 2.93 bits per heavy atom. The number of thiazole rings is 1. The molecular formula is C11H13N3S. The zero-order chi connectivity index (χ0) is 10.7. The highest BCUT2D eigenvalue weighted by Crippen LogP contribution is 2.29. The molecule has 0 aliphatic heterocycles. The number of anilines is 1. The van der Waals surface area contributed by atoms with Crippen LogP contribution in [0.2, 0.25) is 0 Å². The number of hydrogen-bond acceptors (Lipinski definition) is 4. The molecule has 0 amide bonds. The first-order valence-corrected chi connectivity index (χ1v) is 5.79. The molecule has 0 aliphatic rings. The summed E-state index contributed by atoms with van der Waals surface area (Å²) in [5.74, 6) is 0. The van der Waals surface area contributed by atoms with E-state index in [0.717, 1.165) is 24.2 Å². The molecule has 2 N–H and O–H groups in total. The molecular weight excluding hydrogens is 206 g/mol. The van der Waals surface area contributed by atoms with Crippen LogP contribution in [0.4, 0.5) is 5.13 Å². The van der Waals surface area contributed by atoms with Crippen LogP contribution in [0.5, 0.6) is 0 Å². The SMILES string of the molecule is CCCc1sc(N)nc1-c1ccccn1. The lowest BCUT2D eigenvalue weighted by molar-refractivity contribution is 0.937. The van der Waals surface area contributed by atoms with E-state index >= 15 is 0 Å². The van der Waals surface area contributed by atoms with Gasteiger partial charge in [-0.3, -0.25) is 4.98 Å². The van der Waals surface area contributed by atoms with Crippen molar-refractivity contribution in [2.45, 2.75) is 19.8 Å². The van der Waals surface area contributed by atoms with Crippen LogP contribution in [-0.2, 0) is 6.42 Å². The molecule has 0 atom stereocenters. The van der Waals surface area contributed by atoms with Crippen LogP contribution in [0, 0.1) is 0 Å². The Hall–Kier alpha value is -1.42. The van der Waals surface area contributed by atoms with Gasteiger partial charge in [0.2, 0.25) is 0 Å². The van der Waals surface area contributed by atoms with Crippen molar-refractivity contribution in [2.24, 2.45) is 0 Å². The van der Waals surface area contributed by atoms with Gasteiger partial charge in [0.05, 0.1) is 5.69 Å². The molecule has 0 fully saturated rings. The number of rotatable bonds is 3. The predicted molar refractivity (Wildman–Crippen MR) is 63.8 cm³/mol. The summed E-state index contributed by atoms with van der Waals surface area (Å²) in [4.78, 5) is 9.86. The maximum absolute atomic E-state index is 5.73. The zero-order valence-corrected chi connectivity index (χ0v) is 9.42. The van der Waals surface area contributed by atoms with Crippen LogP contribution in [0.3, 0.4) is 0 Å². The van der Waals surface area contributed by atoms with Crippen molar-refractivity contribution < 1.29 is 0 Å². The Bertz CT molecular complexity index is 436. The fourth-order valence-electron chi connectivity index (χ4n) is 1.47. The minimum absolute atomic E-state index is 0.624. The third kappa shape index (κ3) is 2.15. The molecule has 3 nitrogen and oxygen atoms in total. The zero-order valence-electron chi connectivity index (χ0n) is 8.60. The van der Waals surface area contributed by atoms with Crippen molar-refractivity contribution in [3.63, 3.8) is 0 Å². The number of aryl methyl sites for hydroxylation is 1. The van der Waals surface area contributed by atoms with Gasteiger partial charge in [-0.15, -0.1) is 11.3 Å². The van der Waals surface area contributed by atoms with E-state index in [1.165, 1.54) is 4.88 Å². The minimum Gasteiger partial charge on any atom is -0.375 e. The van der Waals surface area contributed by atoms with Gasteiger partial charge >= 0.3 is 0 Å². The summed E-state index contributed by atoms with van der Waals surface area (Å²) >= 11 is 1.56. The molecule has 0 aromatic carbocycles. The summed E-state index contributed by atoms with van der Waals surface area (Å²) < 4.78 is 0. The fraction of sp³-hybridized carbons (Fsp3) is 0.273. The van der Waals surface area contributed by atoms with Gasteiger partial charge in [0.15, 0.2) is 5.13 Å². The van der Waals surface area contributed by atoms with Crippen molar-refractivity contribution in [1.82, 2.24) is 9.97 Å². The number of hydrogen-bond donors (Lipinski definition) is 1. The highest BCUT2D eigenvalue weighted by molar-refractivity contribution is 7.15. The monoisotopic (exact) mass is 219 g/mol. The summed E-state index contributed by atoms with van der Waals surface area (Å²) in [5.41, 5.74) is 7.58. The first-order valence-electron chi connectivity index (χ1n) is 4.98. The molecule has 2 aromatic rings. The summed E-state index contributed by atoms with van der Waals surface area (Å²) in [6, 6.07) is 5.83. The first kappa shape index (κ1) is 10.1. The molecule has 4 heteroatoms. The van der Waals surface area contributed by atoms with Gasteiger partial charge in [0, 0.05) is 11.1 Å². The molecule has 0 saturated heterocycles. The Morgan fingerprint density at radius 2 is 2.27 bits per heavy atom. The Labute approximate surface area is 93.0 Å². The minimum atomic E-state index is 0.624. The maximum Gasteiger partial charge on any atom is 0.180 e. The van der Waals surface area contributed by atoms with Crippen molar-refractivity contribution in [3.05, 3.63) is 29.3 Å². The molecule has 0 radical (unpaired) electrons. The third-order valence-corrected chi connectivity index (χ3v) is 3.04. The highest BCUT2D eigenvalue weighted by Gasteiger charge is 2.11. The first-order chi connectivity index (χ1) is 7.31. The second-order valence-electron chi connectivity index (χ2n) is 3.29. The number of pyridine rings is 1. The summed E-state index contributed by atoms with van der Waals surface area (Å²) in [5, 5.41) is 0.624. The average molecular weight is 219 g/mol. The second-order valence-corrected chi connectivity index (χ2v) is 4.40. The summed E-state index contributed by atoms with van der Waals surface area (Å²) in [6.07, 6.45) is 3.89. The number of nitrogen functional groups attached to an aromatic ring is 1. The van der Waals surface area contributed by atoms with Gasteiger partial charge in [0.25, 0.3) is 0 Å². The number of nitrogens with zero attached hydrogens (tertiary/aromatic N) is 2. The lowest BCUT2D eigenvalue weighted by Gasteiger charge is -1.98. The van der Waals surface area contributed by atoms with Gasteiger partial charge in [-0.2, -0.15) is 0 Å². The molecule has 0 saturated carbocycles. The normalized spacial score (nSPS) is 10.5. The quantitative estimate of drug-likeness (QED) is 0.863. The van der Waals surface area contributed by atoms with Crippen molar-refractivity contribution in [1.29, 1.82) is 0 Å². The molecule has 78 valence electrons. The second kappa shape index (κ2) is 4.40. The standard InChI is InChI=1S/C11H13N3S/c1-2-5-9-10(14-11(12)15-9)8-6-3-4-7-13-8/h3-4,6-7H,2,5H2,1H3,(H2,12,14). The predicted octanol–water partition coefficient (Wildman–Crippen LogP) is 2.74. The molecule has 0 spiro atoms. The molecule has 2 rings (SSSR count). The molecule has 15 heavy (non-hydrogen) atoms. The molecule has 0 bridgehead atoms. The molecule has 0 aliphatic carbocycles. The Balaban J connectivity index is 2.43. The van der Waals surface area contributed by atoms with Gasteiger partial charge in [-0.25, -0.2) is 4.98 Å². The summed E-state index contributed by atoms with van der Waals surface area (Å²) in [6.45, 7) is 2.15. The van der Waals surface area contributed by atoms with Crippen LogP contribution in [0.1, 0.15) is 18.2 Å². The van der Waals surface area contributed by atoms with E-state index in [2.05, 4.69) is 16.9 Å². The van der Waals surface area contributed by atoms with E-state index in [9.17, 15) is 0 Å². The van der Waals surface area contributed by atoms with Crippen LogP contribution in [0.15, 0.2) is 24.4 Å². The Morgan fingerprint density at radius 1 is 1.40 bits per heavy atom. The van der Waals surface area contributed by atoms with Gasteiger partial charge in [-0.05, 0) is 18.6 Å². The maximum atomic E-state index is 5.73. The van der Waals surface area contributed by atoms with Gasteiger partial charge < -0.3 is 5.73 Å². The van der Waals surface area contributed by atoms with E-state index in [1.54, 1.807) is 17.5 Å². The van der Waals surface area contributed by atoms with E-state index in [-0.39, 0.29) is 0 Å². The fourth-order valence-corrected chi connectivity index (χ4v) is 2.41. The number of nitrogens with two attached hydrogens (primary N) is 1. The molecule has 2 aromatic heterocycles. The van der Waals surface area contributed by atoms with Crippen LogP contribution in [0.25, 0.3) is 11.4 Å². The van der Waals surface area contributed by atoms with E-state index < -0.39 is 0 Å². The van der Waals surface area contributed by atoms with E-state index in [1.807, 2.05) is 18.2 Å². The average Bonchev–Trinajstić information content (AvgIpc) is 2.62. The van der Waals surface area contributed by atoms with Crippen molar-refractivity contribution >= 4 is 16.5 Å². The van der Waals surface area contributed by atoms with Crippen LogP contribution < -0.4 is 5.73 Å². The van der Waals surface area contributed by atoms with Crippen LogP contribution >= 0.6 is 11.3 Å². The molecule has 2 heterocycles. The van der Waals surface area contributed by atoms with E-state index in [4.69, 9.17) is 5.73 Å². The molecule has 0 unspecified atom stereocenters. The largest absolute Gasteiger partial charge is 0.375 e. The van der Waals surface area contributed by atoms with Crippen molar-refractivity contribution in [3.8, 4) is 11.4 Å². The van der Waals surface area contributed by atoms with Gasteiger partial charge in [-0.1, -0.05) is 19.4 Å². The third-order valence-electron chi connectivity index (χ3n) is 2.10. The smallest absolute Gasteiger partial charge is 0.180 e. The highest BCUT2D eigenvalue weighted by atomic mass is 32.1. The number of aromatic nitrogens is 2. The Kier molecular flexibility index (Phi) is 2.97. The van der Waals surface area contributed by atoms with Crippen LogP contribution in [-0.4, -0.2) is 9.97 Å². The lowest BCUT2D eigenvalue weighted by atomic mass is 10.2. The van der Waals surface area contributed by atoms with Crippen molar-refractivity contribution in [2.75, 3.05) is 5.73 Å². The van der Waals surface area contributed by atoms with E-state index in [0.29, 0.717) is 5.13 Å². The van der Waals surface area contributed by atoms with Gasteiger partial charge in [0.1, 0.15) is 5.69 Å².